The van der Waals surface area contributed by atoms with Crippen LogP contribution in [0.2, 0.25) is 0 Å². The molecule has 3 rings (SSSR count). The molecule has 7 nitrogen and oxygen atoms in total. The number of aromatic nitrogens is 2. The van der Waals surface area contributed by atoms with E-state index in [0.717, 1.165) is 44.6 Å². The van der Waals surface area contributed by atoms with Gasteiger partial charge in [0.2, 0.25) is 0 Å². The summed E-state index contributed by atoms with van der Waals surface area (Å²) in [6.07, 6.45) is 3.16. The maximum absolute atomic E-state index is 12.5. The van der Waals surface area contributed by atoms with Gasteiger partial charge in [-0.05, 0) is 69.8 Å². The summed E-state index contributed by atoms with van der Waals surface area (Å²) >= 11 is 0. The van der Waals surface area contributed by atoms with Crippen LogP contribution in [-0.4, -0.2) is 46.3 Å². The van der Waals surface area contributed by atoms with E-state index in [0.29, 0.717) is 12.4 Å². The zero-order valence-electron chi connectivity index (χ0n) is 18.5. The number of nitrogens with one attached hydrogen (secondary N) is 2. The van der Waals surface area contributed by atoms with Gasteiger partial charge in [0.05, 0.1) is 12.2 Å². The zero-order valence-corrected chi connectivity index (χ0v) is 18.5. The first kappa shape index (κ1) is 22.3. The van der Waals surface area contributed by atoms with Crippen LogP contribution in [0.3, 0.4) is 0 Å². The summed E-state index contributed by atoms with van der Waals surface area (Å²) in [5, 5.41) is 3.15. The third-order valence-corrected chi connectivity index (χ3v) is 5.63. The smallest absolute Gasteiger partial charge is 0.329 e. The van der Waals surface area contributed by atoms with Crippen LogP contribution in [0.4, 0.5) is 11.5 Å². The van der Waals surface area contributed by atoms with Crippen LogP contribution in [0.15, 0.2) is 33.9 Å². The predicted molar refractivity (Wildman–Crippen MR) is 121 cm³/mol. The third-order valence-electron chi connectivity index (χ3n) is 5.63. The molecule has 164 valence electrons. The Morgan fingerprint density at radius 1 is 1.10 bits per heavy atom. The first-order valence-electron chi connectivity index (χ1n) is 10.9. The predicted octanol–water partition coefficient (Wildman–Crippen LogP) is 3.04. The number of morpholine rings is 1. The highest BCUT2D eigenvalue weighted by Gasteiger charge is 2.21. The summed E-state index contributed by atoms with van der Waals surface area (Å²) in [6.45, 7) is 11.6. The monoisotopic (exact) mass is 414 g/mol. The van der Waals surface area contributed by atoms with Gasteiger partial charge in [0.1, 0.15) is 5.82 Å². The molecule has 7 heteroatoms. The van der Waals surface area contributed by atoms with Crippen LogP contribution in [0.1, 0.15) is 44.7 Å². The van der Waals surface area contributed by atoms with Gasteiger partial charge in [0, 0.05) is 31.4 Å². The fraction of sp³-hybridized carbons (Fsp3) is 0.565. The number of nitrogens with zero attached hydrogens (tertiary/aromatic N) is 2. The van der Waals surface area contributed by atoms with E-state index in [1.807, 2.05) is 18.2 Å². The first-order chi connectivity index (χ1) is 14.4. The molecule has 2 unspecified atom stereocenters. The Balaban J connectivity index is 1.57. The van der Waals surface area contributed by atoms with Crippen LogP contribution >= 0.6 is 0 Å². The molecule has 2 heterocycles. The van der Waals surface area contributed by atoms with Crippen molar-refractivity contribution in [3.63, 3.8) is 0 Å². The van der Waals surface area contributed by atoms with Crippen molar-refractivity contribution in [3.8, 4) is 0 Å². The maximum atomic E-state index is 12.5. The zero-order chi connectivity index (χ0) is 21.7. The lowest BCUT2D eigenvalue weighted by atomic mass is 10.1. The number of ether oxygens (including phenoxy) is 1. The number of H-pyrrole nitrogens is 1. The van der Waals surface area contributed by atoms with E-state index >= 15 is 0 Å². The first-order valence-corrected chi connectivity index (χ1v) is 10.9. The summed E-state index contributed by atoms with van der Waals surface area (Å²) in [5.41, 5.74) is 2.67. The molecule has 2 N–H and O–H groups in total. The van der Waals surface area contributed by atoms with Gasteiger partial charge in [-0.2, -0.15) is 0 Å². The number of aromatic amines is 1. The Labute approximate surface area is 178 Å². The summed E-state index contributed by atoms with van der Waals surface area (Å²) in [5.74, 6) is 0.420. The number of unbranched alkanes of at least 4 members (excludes halogenated alkanes) is 1. The van der Waals surface area contributed by atoms with E-state index in [2.05, 4.69) is 42.9 Å². The molecule has 1 aliphatic heterocycles. The standard InChI is InChI=1S/C23H34N4O3/c1-5-19-12-20(9-8-16(19)2)24-21-13-22(28)27(23(29)25-21)11-7-6-10-26-14-17(3)30-18(4)15-26/h8-9,12-13,17-18,24H,5-7,10-11,14-15H2,1-4H3,(H,25,29). The Bertz CT molecular complexity index is 924. The molecule has 1 aromatic carbocycles. The highest BCUT2D eigenvalue weighted by Crippen LogP contribution is 2.18. The van der Waals surface area contributed by atoms with Gasteiger partial charge < -0.3 is 10.1 Å². The average molecular weight is 415 g/mol. The van der Waals surface area contributed by atoms with Crippen molar-refractivity contribution in [2.24, 2.45) is 0 Å². The molecule has 0 amide bonds. The quantitative estimate of drug-likeness (QED) is 0.649. The molecule has 1 aromatic heterocycles. The number of anilines is 2. The van der Waals surface area contributed by atoms with Crippen LogP contribution in [0.5, 0.6) is 0 Å². The van der Waals surface area contributed by atoms with Crippen molar-refractivity contribution in [2.75, 3.05) is 25.0 Å². The largest absolute Gasteiger partial charge is 0.373 e. The van der Waals surface area contributed by atoms with Gasteiger partial charge in [0.25, 0.3) is 5.56 Å². The molecule has 0 saturated carbocycles. The summed E-state index contributed by atoms with van der Waals surface area (Å²) < 4.78 is 7.04. The number of rotatable bonds is 8. The summed E-state index contributed by atoms with van der Waals surface area (Å²) in [6, 6.07) is 7.49. The Morgan fingerprint density at radius 3 is 2.47 bits per heavy atom. The van der Waals surface area contributed by atoms with Crippen LogP contribution in [0.25, 0.3) is 0 Å². The molecule has 1 fully saturated rings. The second kappa shape index (κ2) is 10.1. The van der Waals surface area contributed by atoms with Crippen molar-refractivity contribution in [2.45, 2.75) is 65.7 Å². The van der Waals surface area contributed by atoms with Gasteiger partial charge >= 0.3 is 5.69 Å². The SMILES string of the molecule is CCc1cc(Nc2cc(=O)n(CCCCN3CC(C)OC(C)C3)c(=O)[nH]2)ccc1C. The molecule has 0 aliphatic carbocycles. The van der Waals surface area contributed by atoms with Gasteiger partial charge in [-0.1, -0.05) is 13.0 Å². The second-order valence-corrected chi connectivity index (χ2v) is 8.32. The number of hydrogen-bond donors (Lipinski definition) is 2. The number of hydrogen-bond acceptors (Lipinski definition) is 5. The molecule has 0 spiro atoms. The molecular formula is C23H34N4O3. The normalized spacial score (nSPS) is 19.7. The lowest BCUT2D eigenvalue weighted by Gasteiger charge is -2.35. The van der Waals surface area contributed by atoms with Crippen molar-refractivity contribution >= 4 is 11.5 Å². The van der Waals surface area contributed by atoms with Crippen LogP contribution in [-0.2, 0) is 17.7 Å². The fourth-order valence-corrected chi connectivity index (χ4v) is 4.16. The van der Waals surface area contributed by atoms with Gasteiger partial charge in [0.15, 0.2) is 0 Å². The maximum Gasteiger partial charge on any atom is 0.329 e. The van der Waals surface area contributed by atoms with Crippen molar-refractivity contribution in [1.29, 1.82) is 0 Å². The average Bonchev–Trinajstić information content (AvgIpc) is 2.67. The van der Waals surface area contributed by atoms with E-state index in [4.69, 9.17) is 4.74 Å². The van der Waals surface area contributed by atoms with Gasteiger partial charge in [-0.3, -0.25) is 19.2 Å². The van der Waals surface area contributed by atoms with E-state index < -0.39 is 0 Å². The Morgan fingerprint density at radius 2 is 1.80 bits per heavy atom. The van der Waals surface area contributed by atoms with Crippen molar-refractivity contribution in [1.82, 2.24) is 14.5 Å². The minimum atomic E-state index is -0.374. The molecule has 1 saturated heterocycles. The van der Waals surface area contributed by atoms with Crippen LogP contribution in [0, 0.1) is 6.92 Å². The topological polar surface area (TPSA) is 79.4 Å². The van der Waals surface area contributed by atoms with Crippen molar-refractivity contribution < 1.29 is 4.74 Å². The number of aryl methyl sites for hydroxylation is 2. The lowest BCUT2D eigenvalue weighted by molar-refractivity contribution is -0.0682. The molecule has 1 aliphatic rings. The van der Waals surface area contributed by atoms with E-state index in [-0.39, 0.29) is 23.5 Å². The van der Waals surface area contributed by atoms with Gasteiger partial charge in [-0.15, -0.1) is 0 Å². The molecule has 2 atom stereocenters. The molecular weight excluding hydrogens is 380 g/mol. The minimum Gasteiger partial charge on any atom is -0.373 e. The van der Waals surface area contributed by atoms with E-state index in [9.17, 15) is 9.59 Å². The fourth-order valence-electron chi connectivity index (χ4n) is 4.16. The van der Waals surface area contributed by atoms with Crippen LogP contribution < -0.4 is 16.6 Å². The number of benzene rings is 1. The molecule has 30 heavy (non-hydrogen) atoms. The summed E-state index contributed by atoms with van der Waals surface area (Å²) in [4.78, 5) is 30.1. The molecule has 2 aromatic rings. The third kappa shape index (κ3) is 5.83. The van der Waals surface area contributed by atoms with Crippen molar-refractivity contribution in [3.05, 3.63) is 56.2 Å². The minimum absolute atomic E-state index is 0.251. The van der Waals surface area contributed by atoms with E-state index in [1.54, 1.807) is 0 Å². The highest BCUT2D eigenvalue weighted by molar-refractivity contribution is 5.57. The Kier molecular flexibility index (Phi) is 7.50. The molecule has 0 bridgehead atoms. The molecule has 0 radical (unpaired) electrons. The highest BCUT2D eigenvalue weighted by atomic mass is 16.5. The second-order valence-electron chi connectivity index (χ2n) is 8.32. The van der Waals surface area contributed by atoms with E-state index in [1.165, 1.54) is 21.8 Å². The Hall–Kier alpha value is -2.38. The summed E-state index contributed by atoms with van der Waals surface area (Å²) in [7, 11) is 0. The lowest BCUT2D eigenvalue weighted by Crippen LogP contribution is -2.45. The van der Waals surface area contributed by atoms with Gasteiger partial charge in [-0.25, -0.2) is 4.79 Å².